The molecule has 1 aromatic rings. The highest BCUT2D eigenvalue weighted by Crippen LogP contribution is 2.23. The fraction of sp³-hybridized carbons (Fsp3) is 0.611. The standard InChI is InChI=1S/C18H28N2O2.ClH/c1-13-7-8-17(14(2)11-13)22-10-9-18(21)20-16-6-4-3-5-15(16)12-19;/h7-8,11,15-16H,3-6,9-10,12,19H2,1-2H3,(H,20,21);1H. The van der Waals surface area contributed by atoms with Crippen molar-refractivity contribution in [2.75, 3.05) is 13.2 Å². The van der Waals surface area contributed by atoms with Gasteiger partial charge in [-0.05, 0) is 50.8 Å². The van der Waals surface area contributed by atoms with Gasteiger partial charge in [-0.25, -0.2) is 0 Å². The maximum Gasteiger partial charge on any atom is 0.223 e. The second kappa shape index (κ2) is 9.78. The number of nitrogens with two attached hydrogens (primary N) is 1. The number of hydrogen-bond donors (Lipinski definition) is 2. The van der Waals surface area contributed by atoms with Crippen LogP contribution in [0.4, 0.5) is 0 Å². The fourth-order valence-corrected chi connectivity index (χ4v) is 3.17. The van der Waals surface area contributed by atoms with Crippen LogP contribution < -0.4 is 15.8 Å². The molecular weight excluding hydrogens is 312 g/mol. The third-order valence-electron chi connectivity index (χ3n) is 4.48. The molecular formula is C18H29ClN2O2. The Kier molecular flexibility index (Phi) is 8.42. The van der Waals surface area contributed by atoms with Gasteiger partial charge in [-0.1, -0.05) is 30.5 Å². The van der Waals surface area contributed by atoms with Crippen molar-refractivity contribution in [3.8, 4) is 5.75 Å². The molecule has 5 heteroatoms. The van der Waals surface area contributed by atoms with E-state index in [4.69, 9.17) is 10.5 Å². The number of benzene rings is 1. The van der Waals surface area contributed by atoms with Crippen molar-refractivity contribution < 1.29 is 9.53 Å². The number of hydrogen-bond acceptors (Lipinski definition) is 3. The van der Waals surface area contributed by atoms with Crippen LogP contribution in [0, 0.1) is 19.8 Å². The summed E-state index contributed by atoms with van der Waals surface area (Å²) in [4.78, 5) is 12.1. The Morgan fingerprint density at radius 2 is 2.04 bits per heavy atom. The van der Waals surface area contributed by atoms with Gasteiger partial charge in [0.25, 0.3) is 0 Å². The number of amides is 1. The summed E-state index contributed by atoms with van der Waals surface area (Å²) in [6, 6.07) is 6.32. The Bertz CT molecular complexity index is 508. The van der Waals surface area contributed by atoms with E-state index in [-0.39, 0.29) is 24.4 Å². The van der Waals surface area contributed by atoms with E-state index in [0.717, 1.165) is 24.2 Å². The molecule has 0 radical (unpaired) electrons. The maximum atomic E-state index is 12.1. The maximum absolute atomic E-state index is 12.1. The molecule has 130 valence electrons. The molecule has 1 aromatic carbocycles. The summed E-state index contributed by atoms with van der Waals surface area (Å²) >= 11 is 0. The molecule has 1 amide bonds. The Morgan fingerprint density at radius 1 is 1.30 bits per heavy atom. The fourth-order valence-electron chi connectivity index (χ4n) is 3.17. The lowest BCUT2D eigenvalue weighted by atomic mass is 9.84. The van der Waals surface area contributed by atoms with Crippen LogP contribution in [0.15, 0.2) is 18.2 Å². The van der Waals surface area contributed by atoms with Crippen LogP contribution in [0.5, 0.6) is 5.75 Å². The van der Waals surface area contributed by atoms with Crippen molar-refractivity contribution in [3.05, 3.63) is 29.3 Å². The topological polar surface area (TPSA) is 64.3 Å². The lowest BCUT2D eigenvalue weighted by Gasteiger charge is -2.31. The Hall–Kier alpha value is -1.26. The van der Waals surface area contributed by atoms with Gasteiger partial charge in [-0.2, -0.15) is 0 Å². The van der Waals surface area contributed by atoms with Gasteiger partial charge in [0, 0.05) is 6.04 Å². The van der Waals surface area contributed by atoms with E-state index in [1.165, 1.54) is 18.4 Å². The summed E-state index contributed by atoms with van der Waals surface area (Å²) in [5.74, 6) is 1.35. The van der Waals surface area contributed by atoms with Gasteiger partial charge in [-0.3, -0.25) is 4.79 Å². The molecule has 0 aliphatic heterocycles. The van der Waals surface area contributed by atoms with Crippen LogP contribution in [0.1, 0.15) is 43.2 Å². The van der Waals surface area contributed by atoms with Crippen LogP contribution in [0.25, 0.3) is 0 Å². The molecule has 3 N–H and O–H groups in total. The van der Waals surface area contributed by atoms with E-state index < -0.39 is 0 Å². The first-order chi connectivity index (χ1) is 10.6. The normalized spacial score (nSPS) is 20.5. The third kappa shape index (κ3) is 6.04. The average Bonchev–Trinajstić information content (AvgIpc) is 2.50. The minimum absolute atomic E-state index is 0. The SMILES string of the molecule is Cc1ccc(OCCC(=O)NC2CCCCC2CN)c(C)c1.Cl. The molecule has 4 nitrogen and oxygen atoms in total. The first-order valence-electron chi connectivity index (χ1n) is 8.29. The first-order valence-corrected chi connectivity index (χ1v) is 8.29. The average molecular weight is 341 g/mol. The van der Waals surface area contributed by atoms with E-state index >= 15 is 0 Å². The van der Waals surface area contributed by atoms with Crippen LogP contribution in [-0.4, -0.2) is 25.1 Å². The minimum atomic E-state index is 0. The van der Waals surface area contributed by atoms with Gasteiger partial charge in [0.2, 0.25) is 5.91 Å². The van der Waals surface area contributed by atoms with Crippen molar-refractivity contribution in [1.29, 1.82) is 0 Å². The number of ether oxygens (including phenoxy) is 1. The van der Waals surface area contributed by atoms with E-state index in [1.54, 1.807) is 0 Å². The second-order valence-electron chi connectivity index (χ2n) is 6.32. The number of rotatable bonds is 6. The Balaban J connectivity index is 0.00000264. The highest BCUT2D eigenvalue weighted by atomic mass is 35.5. The zero-order chi connectivity index (χ0) is 15.9. The van der Waals surface area contributed by atoms with Gasteiger partial charge in [0.1, 0.15) is 5.75 Å². The summed E-state index contributed by atoms with van der Waals surface area (Å²) in [6.45, 7) is 5.15. The van der Waals surface area contributed by atoms with Gasteiger partial charge in [0.05, 0.1) is 13.0 Å². The predicted octanol–water partition coefficient (Wildman–Crippen LogP) is 3.13. The Labute approximate surface area is 145 Å². The monoisotopic (exact) mass is 340 g/mol. The van der Waals surface area contributed by atoms with Crippen molar-refractivity contribution in [3.63, 3.8) is 0 Å². The number of nitrogens with one attached hydrogen (secondary N) is 1. The van der Waals surface area contributed by atoms with Crippen molar-refractivity contribution in [1.82, 2.24) is 5.32 Å². The van der Waals surface area contributed by atoms with Crippen LogP contribution >= 0.6 is 12.4 Å². The van der Waals surface area contributed by atoms with Crippen molar-refractivity contribution >= 4 is 18.3 Å². The molecule has 1 saturated carbocycles. The molecule has 1 aliphatic rings. The van der Waals surface area contributed by atoms with Gasteiger partial charge in [-0.15, -0.1) is 12.4 Å². The smallest absolute Gasteiger partial charge is 0.223 e. The van der Waals surface area contributed by atoms with E-state index in [9.17, 15) is 4.79 Å². The highest BCUT2D eigenvalue weighted by molar-refractivity contribution is 5.85. The molecule has 0 aromatic heterocycles. The quantitative estimate of drug-likeness (QED) is 0.836. The molecule has 0 spiro atoms. The molecule has 2 atom stereocenters. The van der Waals surface area contributed by atoms with E-state index in [2.05, 4.69) is 18.3 Å². The van der Waals surface area contributed by atoms with Crippen molar-refractivity contribution in [2.24, 2.45) is 11.7 Å². The van der Waals surface area contributed by atoms with Gasteiger partial charge >= 0.3 is 0 Å². The molecule has 2 rings (SSSR count). The molecule has 0 heterocycles. The van der Waals surface area contributed by atoms with Gasteiger partial charge < -0.3 is 15.8 Å². The summed E-state index contributed by atoms with van der Waals surface area (Å²) in [5.41, 5.74) is 8.12. The van der Waals surface area contributed by atoms with E-state index in [1.807, 2.05) is 19.1 Å². The largest absolute Gasteiger partial charge is 0.493 e. The van der Waals surface area contributed by atoms with Crippen LogP contribution in [0.3, 0.4) is 0 Å². The third-order valence-corrected chi connectivity index (χ3v) is 4.48. The number of carbonyl (C=O) groups excluding carboxylic acids is 1. The summed E-state index contributed by atoms with van der Waals surface area (Å²) < 4.78 is 5.72. The predicted molar refractivity (Wildman–Crippen MR) is 96.2 cm³/mol. The zero-order valence-corrected chi connectivity index (χ0v) is 15.0. The van der Waals surface area contributed by atoms with Crippen molar-refractivity contribution in [2.45, 2.75) is 52.0 Å². The molecule has 2 unspecified atom stereocenters. The molecule has 0 saturated heterocycles. The highest BCUT2D eigenvalue weighted by Gasteiger charge is 2.25. The second-order valence-corrected chi connectivity index (χ2v) is 6.32. The summed E-state index contributed by atoms with van der Waals surface area (Å²) in [6.07, 6.45) is 4.97. The van der Waals surface area contributed by atoms with Gasteiger partial charge in [0.15, 0.2) is 0 Å². The number of aryl methyl sites for hydroxylation is 2. The van der Waals surface area contributed by atoms with Crippen LogP contribution in [0.2, 0.25) is 0 Å². The summed E-state index contributed by atoms with van der Waals surface area (Å²) in [5, 5.41) is 3.13. The number of carbonyl (C=O) groups is 1. The lowest BCUT2D eigenvalue weighted by Crippen LogP contribution is -2.45. The van der Waals surface area contributed by atoms with Crippen LogP contribution in [-0.2, 0) is 4.79 Å². The molecule has 23 heavy (non-hydrogen) atoms. The number of halogens is 1. The lowest BCUT2D eigenvalue weighted by molar-refractivity contribution is -0.122. The molecule has 0 bridgehead atoms. The first kappa shape index (κ1) is 19.8. The summed E-state index contributed by atoms with van der Waals surface area (Å²) in [7, 11) is 0. The molecule has 1 fully saturated rings. The zero-order valence-electron chi connectivity index (χ0n) is 14.1. The Morgan fingerprint density at radius 3 is 2.74 bits per heavy atom. The minimum Gasteiger partial charge on any atom is -0.493 e. The van der Waals surface area contributed by atoms with E-state index in [0.29, 0.717) is 25.5 Å². The molecule has 1 aliphatic carbocycles.